The number of anilines is 1. The lowest BCUT2D eigenvalue weighted by atomic mass is 10.2. The summed E-state index contributed by atoms with van der Waals surface area (Å²) in [4.78, 5) is 0. The Balaban J connectivity index is 2.08. The molecule has 1 atom stereocenters. The smallest absolute Gasteiger partial charge is 0.126 e. The third-order valence-electron chi connectivity index (χ3n) is 2.69. The van der Waals surface area contributed by atoms with Crippen LogP contribution >= 0.6 is 11.3 Å². The SMILES string of the molecule is CCc1ccc(C(C)Nc2cscc2C)o1. The second-order valence-electron chi connectivity index (χ2n) is 3.99. The van der Waals surface area contributed by atoms with Crippen LogP contribution in [0.4, 0.5) is 5.69 Å². The number of hydrogen-bond acceptors (Lipinski definition) is 3. The van der Waals surface area contributed by atoms with Crippen LogP contribution in [0.5, 0.6) is 0 Å². The number of hydrogen-bond donors (Lipinski definition) is 1. The summed E-state index contributed by atoms with van der Waals surface area (Å²) in [5.74, 6) is 2.05. The molecule has 2 aromatic rings. The highest BCUT2D eigenvalue weighted by Crippen LogP contribution is 2.26. The molecule has 0 fully saturated rings. The molecule has 0 bridgehead atoms. The Labute approximate surface area is 100 Å². The van der Waals surface area contributed by atoms with Crippen LogP contribution in [-0.2, 0) is 6.42 Å². The molecule has 2 rings (SSSR count). The molecule has 0 amide bonds. The first-order valence-corrected chi connectivity index (χ1v) is 6.53. The van der Waals surface area contributed by atoms with Crippen molar-refractivity contribution in [1.82, 2.24) is 0 Å². The quantitative estimate of drug-likeness (QED) is 0.850. The van der Waals surface area contributed by atoms with Gasteiger partial charge in [0, 0.05) is 17.5 Å². The Bertz CT molecular complexity index is 458. The minimum Gasteiger partial charge on any atom is -0.464 e. The molecule has 0 saturated carbocycles. The van der Waals surface area contributed by atoms with Crippen LogP contribution in [0.3, 0.4) is 0 Å². The van der Waals surface area contributed by atoms with Gasteiger partial charge in [0.1, 0.15) is 11.5 Å². The number of furan rings is 1. The van der Waals surface area contributed by atoms with E-state index in [0.717, 1.165) is 17.9 Å². The average Bonchev–Trinajstić information content (AvgIpc) is 2.88. The zero-order valence-electron chi connectivity index (χ0n) is 9.91. The second kappa shape index (κ2) is 4.74. The first-order valence-electron chi connectivity index (χ1n) is 5.58. The predicted molar refractivity (Wildman–Crippen MR) is 69.2 cm³/mol. The van der Waals surface area contributed by atoms with E-state index >= 15 is 0 Å². The van der Waals surface area contributed by atoms with E-state index < -0.39 is 0 Å². The third kappa shape index (κ3) is 2.30. The van der Waals surface area contributed by atoms with E-state index in [2.05, 4.69) is 42.9 Å². The van der Waals surface area contributed by atoms with Gasteiger partial charge >= 0.3 is 0 Å². The standard InChI is InChI=1S/C13H17NOS/c1-4-11-5-6-13(15-11)10(3)14-12-8-16-7-9(12)2/h5-8,10,14H,4H2,1-3H3. The first kappa shape index (κ1) is 11.3. The molecule has 3 heteroatoms. The van der Waals surface area contributed by atoms with Crippen molar-refractivity contribution in [2.45, 2.75) is 33.2 Å². The molecule has 86 valence electrons. The van der Waals surface area contributed by atoms with E-state index in [-0.39, 0.29) is 6.04 Å². The molecule has 2 heterocycles. The third-order valence-corrected chi connectivity index (χ3v) is 3.55. The van der Waals surface area contributed by atoms with Crippen molar-refractivity contribution < 1.29 is 4.42 Å². The van der Waals surface area contributed by atoms with E-state index in [1.165, 1.54) is 11.3 Å². The van der Waals surface area contributed by atoms with Crippen molar-refractivity contribution in [1.29, 1.82) is 0 Å². The Morgan fingerprint density at radius 2 is 2.19 bits per heavy atom. The van der Waals surface area contributed by atoms with Gasteiger partial charge < -0.3 is 9.73 Å². The highest BCUT2D eigenvalue weighted by atomic mass is 32.1. The molecule has 2 aromatic heterocycles. The maximum atomic E-state index is 5.72. The van der Waals surface area contributed by atoms with Gasteiger partial charge in [0.05, 0.1) is 6.04 Å². The molecule has 0 aliphatic heterocycles. The highest BCUT2D eigenvalue weighted by molar-refractivity contribution is 7.08. The van der Waals surface area contributed by atoms with Crippen LogP contribution in [0.2, 0.25) is 0 Å². The van der Waals surface area contributed by atoms with Gasteiger partial charge in [-0.3, -0.25) is 0 Å². The van der Waals surface area contributed by atoms with Gasteiger partial charge in [-0.2, -0.15) is 0 Å². The first-order chi connectivity index (χ1) is 7.70. The monoisotopic (exact) mass is 235 g/mol. The summed E-state index contributed by atoms with van der Waals surface area (Å²) >= 11 is 1.72. The minimum atomic E-state index is 0.216. The molecule has 0 aliphatic rings. The fraction of sp³-hybridized carbons (Fsp3) is 0.385. The Hall–Kier alpha value is -1.22. The van der Waals surface area contributed by atoms with E-state index in [9.17, 15) is 0 Å². The molecular weight excluding hydrogens is 218 g/mol. The van der Waals surface area contributed by atoms with Crippen molar-refractivity contribution in [3.8, 4) is 0 Å². The number of nitrogens with one attached hydrogen (secondary N) is 1. The van der Waals surface area contributed by atoms with Crippen LogP contribution in [0.1, 0.15) is 37.0 Å². The Morgan fingerprint density at radius 1 is 1.38 bits per heavy atom. The predicted octanol–water partition coefficient (Wildman–Crippen LogP) is 4.39. The molecule has 0 aliphatic carbocycles. The van der Waals surface area contributed by atoms with Gasteiger partial charge in [-0.1, -0.05) is 6.92 Å². The normalized spacial score (nSPS) is 12.7. The zero-order valence-corrected chi connectivity index (χ0v) is 10.7. The lowest BCUT2D eigenvalue weighted by Gasteiger charge is -2.12. The van der Waals surface area contributed by atoms with Crippen LogP contribution < -0.4 is 5.32 Å². The zero-order chi connectivity index (χ0) is 11.5. The largest absolute Gasteiger partial charge is 0.464 e. The van der Waals surface area contributed by atoms with E-state index in [1.807, 2.05) is 6.07 Å². The van der Waals surface area contributed by atoms with Gasteiger partial charge in [0.15, 0.2) is 0 Å². The van der Waals surface area contributed by atoms with Gasteiger partial charge in [0.2, 0.25) is 0 Å². The fourth-order valence-electron chi connectivity index (χ4n) is 1.63. The molecule has 0 spiro atoms. The van der Waals surface area contributed by atoms with E-state index in [4.69, 9.17) is 4.42 Å². The van der Waals surface area contributed by atoms with Crippen molar-refractivity contribution >= 4 is 17.0 Å². The molecule has 1 unspecified atom stereocenters. The Kier molecular flexibility index (Phi) is 3.34. The van der Waals surface area contributed by atoms with Crippen LogP contribution in [0, 0.1) is 6.92 Å². The van der Waals surface area contributed by atoms with Gasteiger partial charge in [-0.15, -0.1) is 11.3 Å². The van der Waals surface area contributed by atoms with Crippen molar-refractivity contribution in [3.63, 3.8) is 0 Å². The molecule has 1 N–H and O–H groups in total. The summed E-state index contributed by atoms with van der Waals surface area (Å²) in [6.45, 7) is 6.34. The lowest BCUT2D eigenvalue weighted by molar-refractivity contribution is 0.454. The van der Waals surface area contributed by atoms with Gasteiger partial charge in [-0.25, -0.2) is 0 Å². The summed E-state index contributed by atoms with van der Waals surface area (Å²) in [6, 6.07) is 4.32. The number of aryl methyl sites for hydroxylation is 2. The van der Waals surface area contributed by atoms with Gasteiger partial charge in [-0.05, 0) is 36.9 Å². The molecule has 0 radical (unpaired) electrons. The van der Waals surface area contributed by atoms with E-state index in [0.29, 0.717) is 0 Å². The summed E-state index contributed by atoms with van der Waals surface area (Å²) < 4.78 is 5.72. The second-order valence-corrected chi connectivity index (χ2v) is 4.74. The average molecular weight is 235 g/mol. The molecule has 2 nitrogen and oxygen atoms in total. The van der Waals surface area contributed by atoms with Crippen LogP contribution in [0.15, 0.2) is 27.3 Å². The summed E-state index contributed by atoms with van der Waals surface area (Å²) in [7, 11) is 0. The van der Waals surface area contributed by atoms with Crippen LogP contribution in [0.25, 0.3) is 0 Å². The maximum Gasteiger partial charge on any atom is 0.126 e. The van der Waals surface area contributed by atoms with E-state index in [1.54, 1.807) is 11.3 Å². The molecule has 16 heavy (non-hydrogen) atoms. The van der Waals surface area contributed by atoms with Crippen molar-refractivity contribution in [3.05, 3.63) is 40.0 Å². The summed E-state index contributed by atoms with van der Waals surface area (Å²) in [5.41, 5.74) is 2.49. The van der Waals surface area contributed by atoms with Crippen molar-refractivity contribution in [2.24, 2.45) is 0 Å². The molecule has 0 aromatic carbocycles. The molecule has 0 saturated heterocycles. The minimum absolute atomic E-state index is 0.216. The number of rotatable bonds is 4. The highest BCUT2D eigenvalue weighted by Gasteiger charge is 2.11. The number of thiophene rings is 1. The van der Waals surface area contributed by atoms with Gasteiger partial charge in [0.25, 0.3) is 0 Å². The fourth-order valence-corrected chi connectivity index (χ4v) is 2.42. The maximum absolute atomic E-state index is 5.72. The topological polar surface area (TPSA) is 25.2 Å². The summed E-state index contributed by atoms with van der Waals surface area (Å²) in [6.07, 6.45) is 0.949. The Morgan fingerprint density at radius 3 is 2.75 bits per heavy atom. The lowest BCUT2D eigenvalue weighted by Crippen LogP contribution is -2.05. The summed E-state index contributed by atoms with van der Waals surface area (Å²) in [5, 5.41) is 7.74. The van der Waals surface area contributed by atoms with Crippen LogP contribution in [-0.4, -0.2) is 0 Å². The van der Waals surface area contributed by atoms with Crippen molar-refractivity contribution in [2.75, 3.05) is 5.32 Å². The molecular formula is C13H17NOS.